The van der Waals surface area contributed by atoms with Gasteiger partial charge in [0.2, 0.25) is 0 Å². The summed E-state index contributed by atoms with van der Waals surface area (Å²) in [6.07, 6.45) is 1.37. The van der Waals surface area contributed by atoms with Gasteiger partial charge in [-0.25, -0.2) is 10.1 Å². The molecule has 5 rings (SSSR count). The number of hydrogen-bond acceptors (Lipinski definition) is 7. The van der Waals surface area contributed by atoms with Crippen molar-refractivity contribution < 1.29 is 52.4 Å². The fourth-order valence-corrected chi connectivity index (χ4v) is 3.97. The van der Waals surface area contributed by atoms with Gasteiger partial charge in [0.15, 0.2) is 5.75 Å². The number of carboxylic acids is 1. The molecule has 0 aliphatic rings. The summed E-state index contributed by atoms with van der Waals surface area (Å²) in [5.41, 5.74) is 3.84. The number of aromatic carboxylic acids is 1. The largest absolute Gasteiger partial charge is 1.00 e. The first kappa shape index (κ1) is 27.2. The number of carbonyl (C=O) groups excluding carboxylic acids is 1. The van der Waals surface area contributed by atoms with Crippen LogP contribution >= 0.6 is 0 Å². The molecule has 0 spiro atoms. The molecule has 0 fully saturated rings. The molecule has 2 aromatic heterocycles. The van der Waals surface area contributed by atoms with Gasteiger partial charge in [-0.15, -0.1) is 0 Å². The van der Waals surface area contributed by atoms with E-state index >= 15 is 0 Å². The molecule has 3 aromatic carbocycles. The van der Waals surface area contributed by atoms with Gasteiger partial charge in [-0.2, -0.15) is 0 Å². The number of hydrogen-bond donors (Lipinski definition) is 0. The van der Waals surface area contributed by atoms with Crippen molar-refractivity contribution in [2.75, 3.05) is 0 Å². The third-order valence-corrected chi connectivity index (χ3v) is 5.48. The van der Waals surface area contributed by atoms with Crippen LogP contribution in [0.4, 0.5) is 0 Å². The van der Waals surface area contributed by atoms with Gasteiger partial charge < -0.3 is 19.7 Å². The summed E-state index contributed by atoms with van der Waals surface area (Å²) in [6, 6.07) is 22.2. The summed E-state index contributed by atoms with van der Waals surface area (Å²) in [6.45, 7) is 2.01. The molecule has 0 radical (unpaired) electrons. The van der Waals surface area contributed by atoms with E-state index in [-0.39, 0.29) is 49.0 Å². The van der Waals surface area contributed by atoms with E-state index in [0.717, 1.165) is 23.1 Å². The van der Waals surface area contributed by atoms with Gasteiger partial charge in [0.1, 0.15) is 5.75 Å². The molecule has 10 heteroatoms. The van der Waals surface area contributed by atoms with Crippen LogP contribution in [-0.4, -0.2) is 26.4 Å². The zero-order chi connectivity index (χ0) is 23.5. The fraction of sp³-hybridized carbons (Fsp3) is 0.115. The second-order valence-electron chi connectivity index (χ2n) is 7.69. The smallest absolute Gasteiger partial charge is 0.545 e. The summed E-state index contributed by atoms with van der Waals surface area (Å²) in [4.78, 5) is 16.8. The third-order valence-electron chi connectivity index (χ3n) is 5.48. The van der Waals surface area contributed by atoms with Crippen LogP contribution in [0.25, 0.3) is 33.4 Å². The molecule has 8 nitrogen and oxygen atoms in total. The van der Waals surface area contributed by atoms with Crippen LogP contribution < -0.4 is 52.8 Å². The minimum Gasteiger partial charge on any atom is -0.545 e. The summed E-state index contributed by atoms with van der Waals surface area (Å²) in [5, 5.41) is 27.7. The Morgan fingerprint density at radius 2 is 1.64 bits per heavy atom. The number of carbonyl (C=O) groups is 1. The van der Waals surface area contributed by atoms with E-state index in [1.165, 1.54) is 0 Å². The molecule has 36 heavy (non-hydrogen) atoms. The predicted octanol–water partition coefficient (Wildman–Crippen LogP) is -2.17. The SMILES string of the molecule is CCCc1nc2ccccc2c(C(=O)[O-])c1Oc1ccc(-c2ccccc2-c2nn[n-]n2)cc1.[Li+].[Li+]. The Balaban J connectivity index is 0.00000180. The van der Waals surface area contributed by atoms with Crippen molar-refractivity contribution >= 4 is 16.9 Å². The van der Waals surface area contributed by atoms with Crippen molar-refractivity contribution in [2.24, 2.45) is 0 Å². The van der Waals surface area contributed by atoms with E-state index in [0.29, 0.717) is 34.6 Å². The van der Waals surface area contributed by atoms with Crippen LogP contribution in [0.2, 0.25) is 0 Å². The maximum atomic E-state index is 12.1. The molecule has 0 aliphatic carbocycles. The maximum Gasteiger partial charge on any atom is 1.00 e. The maximum absolute atomic E-state index is 12.1. The quantitative estimate of drug-likeness (QED) is 0.251. The van der Waals surface area contributed by atoms with E-state index < -0.39 is 5.97 Å². The van der Waals surface area contributed by atoms with Crippen LogP contribution in [0.1, 0.15) is 29.4 Å². The van der Waals surface area contributed by atoms with Crippen LogP contribution in [0, 0.1) is 0 Å². The number of tetrazole rings is 1. The zero-order valence-corrected chi connectivity index (χ0v) is 20.3. The van der Waals surface area contributed by atoms with E-state index in [2.05, 4.69) is 25.6 Å². The monoisotopic (exact) mass is 463 g/mol. The number of benzene rings is 3. The molecule has 168 valence electrons. The first-order chi connectivity index (χ1) is 16.7. The molecule has 0 aliphatic heterocycles. The molecule has 0 saturated carbocycles. The van der Waals surface area contributed by atoms with Gasteiger partial charge in [0, 0.05) is 10.9 Å². The number of fused-ring (bicyclic) bond motifs is 1. The van der Waals surface area contributed by atoms with Crippen LogP contribution in [0.3, 0.4) is 0 Å². The summed E-state index contributed by atoms with van der Waals surface area (Å²) < 4.78 is 6.13. The minimum absolute atomic E-state index is 0. The number of aryl methyl sites for hydroxylation is 1. The number of rotatable bonds is 7. The predicted molar refractivity (Wildman–Crippen MR) is 124 cm³/mol. The molecular formula is C26H19Li2N5O3. The summed E-state index contributed by atoms with van der Waals surface area (Å²) >= 11 is 0. The van der Waals surface area contributed by atoms with E-state index in [1.807, 2.05) is 49.4 Å². The topological polar surface area (TPSA) is 115 Å². The average molecular weight is 463 g/mol. The Bertz CT molecular complexity index is 1480. The molecule has 0 atom stereocenters. The number of carboxylic acid groups (broad SMARTS) is 1. The Morgan fingerprint density at radius 3 is 2.31 bits per heavy atom. The second kappa shape index (κ2) is 12.0. The number of ether oxygens (including phenoxy) is 1. The van der Waals surface area contributed by atoms with Gasteiger partial charge >= 0.3 is 37.7 Å². The Morgan fingerprint density at radius 1 is 0.944 bits per heavy atom. The van der Waals surface area contributed by atoms with E-state index in [1.54, 1.807) is 30.3 Å². The van der Waals surface area contributed by atoms with Crippen LogP contribution in [-0.2, 0) is 6.42 Å². The second-order valence-corrected chi connectivity index (χ2v) is 7.69. The van der Waals surface area contributed by atoms with Gasteiger partial charge in [0.05, 0.1) is 28.6 Å². The molecular weight excluding hydrogens is 444 g/mol. The van der Waals surface area contributed by atoms with Gasteiger partial charge in [-0.05, 0) is 35.7 Å². The van der Waals surface area contributed by atoms with Gasteiger partial charge in [-0.1, -0.05) is 67.9 Å². The van der Waals surface area contributed by atoms with Crippen molar-refractivity contribution in [1.29, 1.82) is 0 Å². The molecule has 2 heterocycles. The van der Waals surface area contributed by atoms with Crippen LogP contribution in [0.15, 0.2) is 72.8 Å². The Kier molecular flexibility index (Phi) is 9.09. The normalized spacial score (nSPS) is 10.4. The summed E-state index contributed by atoms with van der Waals surface area (Å²) in [5.74, 6) is -0.142. The molecule has 0 amide bonds. The van der Waals surface area contributed by atoms with Crippen molar-refractivity contribution in [1.82, 2.24) is 25.6 Å². The Hall–Kier alpha value is -3.40. The van der Waals surface area contributed by atoms with Crippen molar-refractivity contribution in [3.8, 4) is 34.0 Å². The molecule has 0 unspecified atom stereocenters. The minimum atomic E-state index is -1.30. The van der Waals surface area contributed by atoms with Crippen molar-refractivity contribution in [2.45, 2.75) is 19.8 Å². The zero-order valence-electron chi connectivity index (χ0n) is 20.3. The van der Waals surface area contributed by atoms with Crippen molar-refractivity contribution in [3.63, 3.8) is 0 Å². The summed E-state index contributed by atoms with van der Waals surface area (Å²) in [7, 11) is 0. The third kappa shape index (κ3) is 5.38. The molecule has 5 aromatic rings. The van der Waals surface area contributed by atoms with Crippen molar-refractivity contribution in [3.05, 3.63) is 84.1 Å². The van der Waals surface area contributed by atoms with Gasteiger partial charge in [-0.3, -0.25) is 10.4 Å². The number of aromatic nitrogens is 5. The first-order valence-electron chi connectivity index (χ1n) is 10.8. The van der Waals surface area contributed by atoms with E-state index in [9.17, 15) is 9.90 Å². The first-order valence-corrected chi connectivity index (χ1v) is 10.8. The van der Waals surface area contributed by atoms with Gasteiger partial charge in [0.25, 0.3) is 0 Å². The average Bonchev–Trinajstić information content (AvgIpc) is 3.40. The standard InChI is InChI=1S/C26H21N5O3.2Li/c1-2-7-22-24(23(26(32)33)20-10-5-6-11-21(20)27-22)34-17-14-12-16(13-15-17)18-8-3-4-9-19(18)25-28-30-31-29-25;;/h3-6,8-15H,2,7H2,1H3,(H2,28,29,30,31,32,33);;/q;2*+1/p-2. The Labute approximate surface area is 231 Å². The number of nitrogens with zero attached hydrogens (tertiary/aromatic N) is 5. The number of pyridine rings is 1. The molecule has 0 bridgehead atoms. The number of para-hydroxylation sites is 1. The molecule has 0 saturated heterocycles. The van der Waals surface area contributed by atoms with Crippen LogP contribution in [0.5, 0.6) is 11.5 Å². The van der Waals surface area contributed by atoms with E-state index in [4.69, 9.17) is 4.74 Å². The molecule has 0 N–H and O–H groups in total. The fourth-order valence-electron chi connectivity index (χ4n) is 3.97.